The van der Waals surface area contributed by atoms with Gasteiger partial charge in [0.15, 0.2) is 0 Å². The summed E-state index contributed by atoms with van der Waals surface area (Å²) in [6, 6.07) is 0. The van der Waals surface area contributed by atoms with Crippen LogP contribution >= 0.6 is 34.9 Å². The molecule has 0 spiro atoms. The largest absolute Gasteiger partial charge is 0.300 e. The monoisotopic (exact) mass is 395 g/mol. The van der Waals surface area contributed by atoms with Crippen molar-refractivity contribution >= 4 is 45.9 Å². The fourth-order valence-electron chi connectivity index (χ4n) is 2.81. The molecule has 1 N–H and O–H groups in total. The van der Waals surface area contributed by atoms with Gasteiger partial charge in [-0.25, -0.2) is 9.97 Å². The van der Waals surface area contributed by atoms with Gasteiger partial charge in [0.2, 0.25) is 11.0 Å². The number of hydrogen-bond acceptors (Lipinski definition) is 8. The maximum absolute atomic E-state index is 12.2. The van der Waals surface area contributed by atoms with Crippen LogP contribution in [0.25, 0.3) is 0 Å². The van der Waals surface area contributed by atoms with Crippen LogP contribution in [0, 0.1) is 6.92 Å². The molecule has 2 aromatic rings. The molecule has 1 aliphatic rings. The van der Waals surface area contributed by atoms with Crippen LogP contribution in [0.4, 0.5) is 5.13 Å². The Morgan fingerprint density at radius 3 is 2.76 bits per heavy atom. The zero-order valence-electron chi connectivity index (χ0n) is 14.7. The minimum absolute atomic E-state index is 0.0828. The lowest BCUT2D eigenvalue weighted by Gasteiger charge is -2.15. The lowest BCUT2D eigenvalue weighted by molar-refractivity contribution is -0.113. The topological polar surface area (TPSA) is 80.7 Å². The number of rotatable bonds is 6. The molecule has 0 saturated heterocycles. The van der Waals surface area contributed by atoms with E-state index in [1.807, 2.05) is 25.6 Å². The first-order valence-corrected chi connectivity index (χ1v) is 11.0. The lowest BCUT2D eigenvalue weighted by Crippen LogP contribution is -2.15. The van der Waals surface area contributed by atoms with Gasteiger partial charge in [0.25, 0.3) is 0 Å². The molecule has 1 aliphatic heterocycles. The number of carbonyl (C=O) groups excluding carboxylic acids is 1. The Labute approximate surface area is 160 Å². The summed E-state index contributed by atoms with van der Waals surface area (Å²) in [5, 5.41) is 14.8. The zero-order chi connectivity index (χ0) is 18.0. The average Bonchev–Trinajstić information content (AvgIpc) is 3.15. The number of nitrogens with zero attached hydrogens (tertiary/aromatic N) is 4. The molecule has 0 aromatic carbocycles. The second-order valence-corrected chi connectivity index (χ2v) is 9.22. The second kappa shape index (κ2) is 8.01. The molecule has 6 nitrogen and oxygen atoms in total. The van der Waals surface area contributed by atoms with Crippen LogP contribution < -0.4 is 5.32 Å². The molecule has 9 heteroatoms. The second-order valence-electron chi connectivity index (χ2n) is 5.82. The van der Waals surface area contributed by atoms with Crippen molar-refractivity contribution in [3.63, 3.8) is 0 Å². The maximum Gasteiger partial charge on any atom is 0.236 e. The molecule has 2 aromatic heterocycles. The molecule has 25 heavy (non-hydrogen) atoms. The Bertz CT molecular complexity index is 779. The van der Waals surface area contributed by atoms with Crippen molar-refractivity contribution in [1.82, 2.24) is 20.2 Å². The number of thioether (sulfide) groups is 2. The Balaban J connectivity index is 1.70. The molecular formula is C16H21N5OS3. The first-order chi connectivity index (χ1) is 12.0. The van der Waals surface area contributed by atoms with E-state index in [1.165, 1.54) is 28.7 Å². The lowest BCUT2D eigenvalue weighted by atomic mass is 9.96. The highest BCUT2D eigenvalue weighted by Gasteiger charge is 2.33. The summed E-state index contributed by atoms with van der Waals surface area (Å²) >= 11 is 4.71. The Hall–Kier alpha value is -1.19. The van der Waals surface area contributed by atoms with Crippen LogP contribution in [0.5, 0.6) is 0 Å². The van der Waals surface area contributed by atoms with Crippen LogP contribution in [0.15, 0.2) is 10.1 Å². The van der Waals surface area contributed by atoms with E-state index in [1.54, 1.807) is 0 Å². The van der Waals surface area contributed by atoms with Gasteiger partial charge in [0.05, 0.1) is 5.75 Å². The maximum atomic E-state index is 12.2. The summed E-state index contributed by atoms with van der Waals surface area (Å²) < 4.78 is 0. The van der Waals surface area contributed by atoms with Gasteiger partial charge in [-0.15, -0.1) is 22.0 Å². The molecule has 134 valence electrons. The first-order valence-electron chi connectivity index (χ1n) is 8.32. The highest BCUT2D eigenvalue weighted by atomic mass is 32.2. The number of carbonyl (C=O) groups is 1. The Morgan fingerprint density at radius 1 is 1.28 bits per heavy atom. The van der Waals surface area contributed by atoms with Gasteiger partial charge < -0.3 is 0 Å². The molecule has 0 radical (unpaired) electrons. The third-order valence-corrected chi connectivity index (χ3v) is 7.23. The fraction of sp³-hybridized carbons (Fsp3) is 0.562. The van der Waals surface area contributed by atoms with Gasteiger partial charge in [0, 0.05) is 16.7 Å². The van der Waals surface area contributed by atoms with E-state index in [2.05, 4.69) is 39.3 Å². The quantitative estimate of drug-likeness (QED) is 0.586. The first kappa shape index (κ1) is 18.6. The normalized spacial score (nSPS) is 19.0. The average molecular weight is 396 g/mol. The summed E-state index contributed by atoms with van der Waals surface area (Å²) in [6.45, 7) is 8.35. The standard InChI is InChI=1S/C16H21N5OS3/c1-5-10-8(3)24-15-13(10)14(17-9(4)18-15)23-7-11(22)19-16-21-20-12(6-2)25-16/h8,10H,5-7H2,1-4H3,(H,19,21,22). The van der Waals surface area contributed by atoms with E-state index in [9.17, 15) is 4.79 Å². The van der Waals surface area contributed by atoms with Crippen molar-refractivity contribution in [1.29, 1.82) is 0 Å². The summed E-state index contributed by atoms with van der Waals surface area (Å²) in [7, 11) is 0. The van der Waals surface area contributed by atoms with Crippen LogP contribution in [0.1, 0.15) is 49.5 Å². The van der Waals surface area contributed by atoms with Crippen molar-refractivity contribution in [3.05, 3.63) is 16.4 Å². The number of aryl methyl sites for hydroxylation is 2. The molecule has 3 rings (SSSR count). The van der Waals surface area contributed by atoms with Crippen molar-refractivity contribution in [2.75, 3.05) is 11.1 Å². The van der Waals surface area contributed by atoms with Crippen molar-refractivity contribution < 1.29 is 4.79 Å². The van der Waals surface area contributed by atoms with Gasteiger partial charge in [-0.2, -0.15) is 0 Å². The van der Waals surface area contributed by atoms with Gasteiger partial charge in [-0.05, 0) is 19.8 Å². The smallest absolute Gasteiger partial charge is 0.236 e. The summed E-state index contributed by atoms with van der Waals surface area (Å²) in [5.41, 5.74) is 1.22. The van der Waals surface area contributed by atoms with Crippen LogP contribution in [0.3, 0.4) is 0 Å². The molecule has 0 fully saturated rings. The van der Waals surface area contributed by atoms with Crippen LogP contribution in [-0.4, -0.2) is 37.1 Å². The van der Waals surface area contributed by atoms with E-state index in [0.29, 0.717) is 22.1 Å². The SMILES string of the molecule is CCc1nnc(NC(=O)CSc2nc(C)nc3c2C(CC)C(C)S3)s1. The van der Waals surface area contributed by atoms with Crippen LogP contribution in [0.2, 0.25) is 0 Å². The number of aromatic nitrogens is 4. The highest BCUT2D eigenvalue weighted by Crippen LogP contribution is 2.48. The van der Waals surface area contributed by atoms with Crippen molar-refractivity contribution in [2.45, 2.75) is 61.8 Å². The molecule has 0 saturated carbocycles. The number of anilines is 1. The van der Waals surface area contributed by atoms with E-state index in [4.69, 9.17) is 0 Å². The summed E-state index contributed by atoms with van der Waals surface area (Å²) in [4.78, 5) is 21.4. The molecule has 0 bridgehead atoms. The minimum Gasteiger partial charge on any atom is -0.300 e. The molecule has 0 aliphatic carbocycles. The van der Waals surface area contributed by atoms with Gasteiger partial charge in [-0.1, -0.05) is 43.9 Å². The van der Waals surface area contributed by atoms with E-state index >= 15 is 0 Å². The highest BCUT2D eigenvalue weighted by molar-refractivity contribution is 8.01. The minimum atomic E-state index is -0.0828. The number of fused-ring (bicyclic) bond motifs is 1. The molecule has 3 heterocycles. The molecule has 2 atom stereocenters. The zero-order valence-corrected chi connectivity index (χ0v) is 17.1. The third-order valence-electron chi connectivity index (χ3n) is 4.02. The predicted molar refractivity (Wildman–Crippen MR) is 104 cm³/mol. The fourth-order valence-corrected chi connectivity index (χ4v) is 5.92. The summed E-state index contributed by atoms with van der Waals surface area (Å²) in [6.07, 6.45) is 1.88. The van der Waals surface area contributed by atoms with Crippen molar-refractivity contribution in [3.8, 4) is 0 Å². The molecular weight excluding hydrogens is 374 g/mol. The number of hydrogen-bond donors (Lipinski definition) is 1. The Morgan fingerprint density at radius 2 is 2.08 bits per heavy atom. The molecule has 2 unspecified atom stereocenters. The molecule has 1 amide bonds. The van der Waals surface area contributed by atoms with Gasteiger partial charge in [-0.3, -0.25) is 10.1 Å². The van der Waals surface area contributed by atoms with Gasteiger partial charge >= 0.3 is 0 Å². The number of amides is 1. The van der Waals surface area contributed by atoms with Crippen molar-refractivity contribution in [2.24, 2.45) is 0 Å². The number of nitrogens with one attached hydrogen (secondary N) is 1. The van der Waals surface area contributed by atoms with E-state index < -0.39 is 0 Å². The van der Waals surface area contributed by atoms with E-state index in [0.717, 1.165) is 33.7 Å². The summed E-state index contributed by atoms with van der Waals surface area (Å²) in [5.74, 6) is 1.43. The van der Waals surface area contributed by atoms with E-state index in [-0.39, 0.29) is 5.91 Å². The van der Waals surface area contributed by atoms with Crippen LogP contribution in [-0.2, 0) is 11.2 Å². The Kier molecular flexibility index (Phi) is 5.96. The predicted octanol–water partition coefficient (Wildman–Crippen LogP) is 3.92. The third kappa shape index (κ3) is 4.15. The van der Waals surface area contributed by atoms with Gasteiger partial charge in [0.1, 0.15) is 20.9 Å².